The molecule has 1 atom stereocenters. The number of nitrogens with two attached hydrogens (primary N) is 1. The molecular formula is C13H22N4OS. The molecule has 1 aromatic rings. The summed E-state index contributed by atoms with van der Waals surface area (Å²) in [6.45, 7) is 3.49. The standard InChI is InChI=1S/C13H22N4OS/c1-10(9-18-2)15-13(16-14)17(11-5-6-11)8-12-4-3-7-19-12/h3-4,7,10-11H,5-6,8-9,14H2,1-2H3,(H,15,16). The van der Waals surface area contributed by atoms with Gasteiger partial charge in [-0.1, -0.05) is 6.07 Å². The van der Waals surface area contributed by atoms with Gasteiger partial charge in [0.2, 0.25) is 5.96 Å². The van der Waals surface area contributed by atoms with Gasteiger partial charge in [0.1, 0.15) is 0 Å². The molecule has 3 N–H and O–H groups in total. The predicted octanol–water partition coefficient (Wildman–Crippen LogP) is 1.57. The zero-order valence-corrected chi connectivity index (χ0v) is 12.3. The summed E-state index contributed by atoms with van der Waals surface area (Å²) in [4.78, 5) is 8.20. The van der Waals surface area contributed by atoms with Crippen molar-refractivity contribution in [2.75, 3.05) is 13.7 Å². The van der Waals surface area contributed by atoms with Gasteiger partial charge in [-0.25, -0.2) is 10.8 Å². The molecule has 1 heterocycles. The Labute approximate surface area is 118 Å². The van der Waals surface area contributed by atoms with E-state index in [9.17, 15) is 0 Å². The summed E-state index contributed by atoms with van der Waals surface area (Å²) >= 11 is 1.76. The van der Waals surface area contributed by atoms with Gasteiger partial charge >= 0.3 is 0 Å². The van der Waals surface area contributed by atoms with Crippen LogP contribution in [0.15, 0.2) is 22.5 Å². The van der Waals surface area contributed by atoms with E-state index >= 15 is 0 Å². The van der Waals surface area contributed by atoms with Crippen molar-refractivity contribution in [1.82, 2.24) is 10.3 Å². The van der Waals surface area contributed by atoms with Crippen molar-refractivity contribution in [3.8, 4) is 0 Å². The summed E-state index contributed by atoms with van der Waals surface area (Å²) in [5, 5.41) is 2.10. The Morgan fingerprint density at radius 2 is 2.47 bits per heavy atom. The van der Waals surface area contributed by atoms with Gasteiger partial charge < -0.3 is 9.64 Å². The third-order valence-electron chi connectivity index (χ3n) is 3.05. The van der Waals surface area contributed by atoms with Gasteiger partial charge in [-0.2, -0.15) is 0 Å². The Hall–Kier alpha value is -1.11. The number of guanidine groups is 1. The van der Waals surface area contributed by atoms with Gasteiger partial charge in [-0.05, 0) is 31.2 Å². The fourth-order valence-corrected chi connectivity index (χ4v) is 2.72. The van der Waals surface area contributed by atoms with E-state index in [1.807, 2.05) is 6.92 Å². The lowest BCUT2D eigenvalue weighted by atomic mass is 10.4. The number of aliphatic imine (C=N–C) groups is 1. The molecule has 1 unspecified atom stereocenters. The molecule has 0 aromatic carbocycles. The number of nitrogens with zero attached hydrogens (tertiary/aromatic N) is 2. The Morgan fingerprint density at radius 1 is 1.68 bits per heavy atom. The number of hydrogen-bond donors (Lipinski definition) is 2. The molecule has 0 bridgehead atoms. The first kappa shape index (κ1) is 14.3. The minimum atomic E-state index is 0.0978. The lowest BCUT2D eigenvalue weighted by Gasteiger charge is -2.25. The molecule has 2 rings (SSSR count). The van der Waals surface area contributed by atoms with Crippen molar-refractivity contribution in [1.29, 1.82) is 0 Å². The van der Waals surface area contributed by atoms with Crippen molar-refractivity contribution in [3.63, 3.8) is 0 Å². The van der Waals surface area contributed by atoms with Crippen LogP contribution in [-0.4, -0.2) is 36.7 Å². The molecular weight excluding hydrogens is 260 g/mol. The van der Waals surface area contributed by atoms with Crippen LogP contribution in [0.2, 0.25) is 0 Å². The third-order valence-corrected chi connectivity index (χ3v) is 3.91. The number of nitrogens with one attached hydrogen (secondary N) is 1. The first-order valence-corrected chi connectivity index (χ1v) is 7.45. The maximum absolute atomic E-state index is 5.65. The van der Waals surface area contributed by atoms with E-state index in [0.29, 0.717) is 12.6 Å². The SMILES string of the molecule is COCC(C)N=C(NN)N(Cc1cccs1)C1CC1. The van der Waals surface area contributed by atoms with Crippen LogP contribution in [0.4, 0.5) is 0 Å². The highest BCUT2D eigenvalue weighted by Gasteiger charge is 2.31. The van der Waals surface area contributed by atoms with Gasteiger partial charge in [0.25, 0.3) is 0 Å². The molecule has 6 heteroatoms. The van der Waals surface area contributed by atoms with E-state index in [0.717, 1.165) is 12.5 Å². The van der Waals surface area contributed by atoms with Crippen molar-refractivity contribution in [2.24, 2.45) is 10.8 Å². The van der Waals surface area contributed by atoms with Gasteiger partial charge in [-0.3, -0.25) is 5.43 Å². The average molecular weight is 282 g/mol. The molecule has 0 saturated heterocycles. The topological polar surface area (TPSA) is 62.9 Å². The molecule has 5 nitrogen and oxygen atoms in total. The molecule has 1 saturated carbocycles. The minimum Gasteiger partial charge on any atom is -0.382 e. The molecule has 1 fully saturated rings. The molecule has 106 valence electrons. The van der Waals surface area contributed by atoms with Gasteiger partial charge in [0.05, 0.1) is 19.2 Å². The zero-order valence-electron chi connectivity index (χ0n) is 11.5. The van der Waals surface area contributed by atoms with Crippen molar-refractivity contribution < 1.29 is 4.74 Å². The molecule has 1 aliphatic rings. The largest absolute Gasteiger partial charge is 0.382 e. The Balaban J connectivity index is 2.07. The monoisotopic (exact) mass is 282 g/mol. The Morgan fingerprint density at radius 3 is 3.00 bits per heavy atom. The summed E-state index contributed by atoms with van der Waals surface area (Å²) in [6.07, 6.45) is 2.43. The summed E-state index contributed by atoms with van der Waals surface area (Å²) in [7, 11) is 1.69. The number of hydrazine groups is 1. The number of rotatable bonds is 6. The maximum Gasteiger partial charge on any atom is 0.209 e. The lowest BCUT2D eigenvalue weighted by molar-refractivity contribution is 0.185. The third kappa shape index (κ3) is 4.19. The zero-order chi connectivity index (χ0) is 13.7. The van der Waals surface area contributed by atoms with E-state index in [4.69, 9.17) is 10.6 Å². The molecule has 1 aliphatic carbocycles. The molecule has 19 heavy (non-hydrogen) atoms. The highest BCUT2D eigenvalue weighted by Crippen LogP contribution is 2.29. The number of hydrogen-bond acceptors (Lipinski definition) is 4. The fourth-order valence-electron chi connectivity index (χ4n) is 2.02. The van der Waals surface area contributed by atoms with Crippen LogP contribution in [-0.2, 0) is 11.3 Å². The van der Waals surface area contributed by atoms with Crippen LogP contribution in [0.25, 0.3) is 0 Å². The van der Waals surface area contributed by atoms with E-state index in [2.05, 4.69) is 32.8 Å². The van der Waals surface area contributed by atoms with Crippen molar-refractivity contribution >= 4 is 17.3 Å². The average Bonchev–Trinajstić information content (AvgIpc) is 3.11. The van der Waals surface area contributed by atoms with E-state index in [-0.39, 0.29) is 6.04 Å². The first-order valence-electron chi connectivity index (χ1n) is 6.57. The van der Waals surface area contributed by atoms with Crippen molar-refractivity contribution in [2.45, 2.75) is 38.4 Å². The second-order valence-corrected chi connectivity index (χ2v) is 5.87. The molecule has 0 radical (unpaired) electrons. The van der Waals surface area contributed by atoms with Crippen LogP contribution >= 0.6 is 11.3 Å². The van der Waals surface area contributed by atoms with Crippen LogP contribution in [0.5, 0.6) is 0 Å². The van der Waals surface area contributed by atoms with E-state index in [1.165, 1.54) is 17.7 Å². The highest BCUT2D eigenvalue weighted by atomic mass is 32.1. The Kier molecular flexibility index (Phi) is 5.18. The summed E-state index contributed by atoms with van der Waals surface area (Å²) in [5.74, 6) is 6.42. The minimum absolute atomic E-state index is 0.0978. The number of methoxy groups -OCH3 is 1. The second-order valence-electron chi connectivity index (χ2n) is 4.84. The summed E-state index contributed by atoms with van der Waals surface area (Å²) in [5.41, 5.74) is 2.75. The Bertz CT molecular complexity index is 403. The molecule has 0 spiro atoms. The van der Waals surface area contributed by atoms with Gasteiger partial charge in [0, 0.05) is 18.0 Å². The van der Waals surface area contributed by atoms with E-state index < -0.39 is 0 Å². The number of thiophene rings is 1. The van der Waals surface area contributed by atoms with Crippen LogP contribution in [0.3, 0.4) is 0 Å². The second kappa shape index (κ2) is 6.88. The number of ether oxygens (including phenoxy) is 1. The van der Waals surface area contributed by atoms with Crippen LogP contribution in [0, 0.1) is 0 Å². The normalized spacial score (nSPS) is 17.3. The van der Waals surface area contributed by atoms with Crippen LogP contribution < -0.4 is 11.3 Å². The molecule has 1 aromatic heterocycles. The fraction of sp³-hybridized carbons (Fsp3) is 0.615. The van der Waals surface area contributed by atoms with Crippen molar-refractivity contribution in [3.05, 3.63) is 22.4 Å². The molecule has 0 aliphatic heterocycles. The van der Waals surface area contributed by atoms with Crippen LogP contribution in [0.1, 0.15) is 24.6 Å². The lowest BCUT2D eigenvalue weighted by Crippen LogP contribution is -2.46. The highest BCUT2D eigenvalue weighted by molar-refractivity contribution is 7.09. The molecule has 0 amide bonds. The summed E-state index contributed by atoms with van der Waals surface area (Å²) < 4.78 is 5.12. The quantitative estimate of drug-likeness (QED) is 0.360. The van der Waals surface area contributed by atoms with Gasteiger partial charge in [-0.15, -0.1) is 11.3 Å². The van der Waals surface area contributed by atoms with Gasteiger partial charge in [0.15, 0.2) is 0 Å². The van der Waals surface area contributed by atoms with E-state index in [1.54, 1.807) is 18.4 Å². The predicted molar refractivity (Wildman–Crippen MR) is 79.0 cm³/mol. The smallest absolute Gasteiger partial charge is 0.209 e. The first-order chi connectivity index (χ1) is 9.24. The maximum atomic E-state index is 5.65. The summed E-state index contributed by atoms with van der Waals surface area (Å²) in [6, 6.07) is 4.88.